The molecule has 0 fully saturated rings. The van der Waals surface area contributed by atoms with Gasteiger partial charge in [-0.05, 0) is 37.0 Å². The first-order chi connectivity index (χ1) is 12.5. The second-order valence-corrected chi connectivity index (χ2v) is 5.90. The normalized spacial score (nSPS) is 11.7. The van der Waals surface area contributed by atoms with Crippen LogP contribution in [0.15, 0.2) is 48.5 Å². The predicted octanol–water partition coefficient (Wildman–Crippen LogP) is 3.19. The number of aryl methyl sites for hydroxylation is 1. The number of amides is 1. The van der Waals surface area contributed by atoms with E-state index < -0.39 is 36.0 Å². The Morgan fingerprint density at radius 3 is 2.31 bits per heavy atom. The molecule has 0 aliphatic rings. The standard InChI is InChI=1S/C20H21F2NO3/c1-26-20(25)18(12-5-9-14-7-3-2-4-8-14)23-19(24)13-15-16(21)10-6-11-17(15)22/h2-4,6-8,10-11,18H,5,9,12-13H2,1H3,(H,23,24)/t18-/m1/s1. The highest BCUT2D eigenvalue weighted by Gasteiger charge is 2.22. The van der Waals surface area contributed by atoms with E-state index in [1.165, 1.54) is 13.2 Å². The van der Waals surface area contributed by atoms with Crippen LogP contribution in [0.25, 0.3) is 0 Å². The van der Waals surface area contributed by atoms with Gasteiger partial charge in [-0.25, -0.2) is 13.6 Å². The fourth-order valence-corrected chi connectivity index (χ4v) is 2.65. The maximum absolute atomic E-state index is 13.7. The van der Waals surface area contributed by atoms with Crippen molar-refractivity contribution in [3.8, 4) is 0 Å². The van der Waals surface area contributed by atoms with Gasteiger partial charge in [0.1, 0.15) is 17.7 Å². The third kappa shape index (κ3) is 5.65. The van der Waals surface area contributed by atoms with Crippen LogP contribution in [0.4, 0.5) is 8.78 Å². The fourth-order valence-electron chi connectivity index (χ4n) is 2.65. The van der Waals surface area contributed by atoms with Crippen molar-refractivity contribution in [1.29, 1.82) is 0 Å². The Morgan fingerprint density at radius 1 is 1.04 bits per heavy atom. The number of benzene rings is 2. The van der Waals surface area contributed by atoms with E-state index in [1.807, 2.05) is 30.3 Å². The molecule has 0 unspecified atom stereocenters. The lowest BCUT2D eigenvalue weighted by molar-refractivity contribution is -0.145. The highest BCUT2D eigenvalue weighted by molar-refractivity contribution is 5.85. The molecule has 0 aliphatic heterocycles. The van der Waals surface area contributed by atoms with Gasteiger partial charge in [0.25, 0.3) is 0 Å². The summed E-state index contributed by atoms with van der Waals surface area (Å²) in [6, 6.07) is 12.3. The van der Waals surface area contributed by atoms with E-state index >= 15 is 0 Å². The number of nitrogens with one attached hydrogen (secondary N) is 1. The lowest BCUT2D eigenvalue weighted by Gasteiger charge is -2.17. The summed E-state index contributed by atoms with van der Waals surface area (Å²) in [6.07, 6.45) is 1.28. The molecule has 0 aliphatic carbocycles. The molecule has 2 aromatic carbocycles. The van der Waals surface area contributed by atoms with E-state index in [0.29, 0.717) is 12.8 Å². The molecule has 2 rings (SSSR count). The monoisotopic (exact) mass is 361 g/mol. The van der Waals surface area contributed by atoms with Crippen molar-refractivity contribution >= 4 is 11.9 Å². The third-order valence-electron chi connectivity index (χ3n) is 4.02. The van der Waals surface area contributed by atoms with Crippen molar-refractivity contribution < 1.29 is 23.1 Å². The van der Waals surface area contributed by atoms with Gasteiger partial charge < -0.3 is 10.1 Å². The molecule has 0 saturated heterocycles. The topological polar surface area (TPSA) is 55.4 Å². The summed E-state index contributed by atoms with van der Waals surface area (Å²) in [5.74, 6) is -2.80. The smallest absolute Gasteiger partial charge is 0.328 e. The maximum Gasteiger partial charge on any atom is 0.328 e. The SMILES string of the molecule is COC(=O)[C@@H](CCCc1ccccc1)NC(=O)Cc1c(F)cccc1F. The molecule has 6 heteroatoms. The lowest BCUT2D eigenvalue weighted by atomic mass is 10.0. The molecule has 4 nitrogen and oxygen atoms in total. The first-order valence-corrected chi connectivity index (χ1v) is 8.35. The molecule has 1 atom stereocenters. The van der Waals surface area contributed by atoms with Crippen molar-refractivity contribution in [1.82, 2.24) is 5.32 Å². The molecule has 0 aromatic heterocycles. The Hall–Kier alpha value is -2.76. The Morgan fingerprint density at radius 2 is 1.69 bits per heavy atom. The Kier molecular flexibility index (Phi) is 7.26. The largest absolute Gasteiger partial charge is 0.467 e. The molecule has 0 bridgehead atoms. The van der Waals surface area contributed by atoms with Gasteiger partial charge >= 0.3 is 5.97 Å². The minimum absolute atomic E-state index is 0.321. The van der Waals surface area contributed by atoms with Crippen molar-refractivity contribution in [2.75, 3.05) is 7.11 Å². The molecular weight excluding hydrogens is 340 g/mol. The van der Waals surface area contributed by atoms with Gasteiger partial charge in [-0.2, -0.15) is 0 Å². The Balaban J connectivity index is 1.94. The van der Waals surface area contributed by atoms with Crippen LogP contribution in [0.2, 0.25) is 0 Å². The number of carbonyl (C=O) groups is 2. The summed E-state index contributed by atoms with van der Waals surface area (Å²) < 4.78 is 32.0. The highest BCUT2D eigenvalue weighted by Crippen LogP contribution is 2.13. The number of carbonyl (C=O) groups excluding carboxylic acids is 2. The van der Waals surface area contributed by atoms with Gasteiger partial charge in [-0.1, -0.05) is 36.4 Å². The maximum atomic E-state index is 13.7. The Labute approximate surface area is 151 Å². The summed E-state index contributed by atoms with van der Waals surface area (Å²) in [7, 11) is 1.23. The lowest BCUT2D eigenvalue weighted by Crippen LogP contribution is -2.42. The number of rotatable bonds is 8. The predicted molar refractivity (Wildman–Crippen MR) is 93.4 cm³/mol. The number of hydrogen-bond donors (Lipinski definition) is 1. The van der Waals surface area contributed by atoms with Crippen LogP contribution >= 0.6 is 0 Å². The molecule has 26 heavy (non-hydrogen) atoms. The summed E-state index contributed by atoms with van der Waals surface area (Å²) in [6.45, 7) is 0. The zero-order chi connectivity index (χ0) is 18.9. The van der Waals surface area contributed by atoms with Gasteiger partial charge in [0.15, 0.2) is 0 Å². The second-order valence-electron chi connectivity index (χ2n) is 5.90. The van der Waals surface area contributed by atoms with Crippen LogP contribution < -0.4 is 5.32 Å². The van der Waals surface area contributed by atoms with Crippen LogP contribution in [0, 0.1) is 11.6 Å². The average molecular weight is 361 g/mol. The van der Waals surface area contributed by atoms with Crippen LogP contribution in [-0.4, -0.2) is 25.0 Å². The van der Waals surface area contributed by atoms with Crippen LogP contribution in [-0.2, 0) is 27.2 Å². The summed E-state index contributed by atoms with van der Waals surface area (Å²) in [5.41, 5.74) is 0.800. The highest BCUT2D eigenvalue weighted by atomic mass is 19.1. The summed E-state index contributed by atoms with van der Waals surface area (Å²) >= 11 is 0. The molecule has 138 valence electrons. The number of halogens is 2. The quantitative estimate of drug-likeness (QED) is 0.735. The molecule has 0 saturated carbocycles. The zero-order valence-electron chi connectivity index (χ0n) is 14.5. The molecule has 0 radical (unpaired) electrons. The minimum Gasteiger partial charge on any atom is -0.467 e. The van der Waals surface area contributed by atoms with E-state index in [2.05, 4.69) is 5.32 Å². The van der Waals surface area contributed by atoms with Gasteiger partial charge in [-0.3, -0.25) is 4.79 Å². The van der Waals surface area contributed by atoms with Crippen LogP contribution in [0.5, 0.6) is 0 Å². The molecular formula is C20H21F2NO3. The van der Waals surface area contributed by atoms with E-state index in [1.54, 1.807) is 0 Å². The molecule has 0 heterocycles. The first kappa shape index (κ1) is 19.6. The molecule has 1 amide bonds. The van der Waals surface area contributed by atoms with Crippen molar-refractivity contribution in [3.05, 3.63) is 71.3 Å². The van der Waals surface area contributed by atoms with E-state index in [-0.39, 0.29) is 5.56 Å². The van der Waals surface area contributed by atoms with Crippen LogP contribution in [0.1, 0.15) is 24.0 Å². The molecule has 1 N–H and O–H groups in total. The molecule has 0 spiro atoms. The number of hydrogen-bond acceptors (Lipinski definition) is 3. The zero-order valence-corrected chi connectivity index (χ0v) is 14.5. The van der Waals surface area contributed by atoms with E-state index in [0.717, 1.165) is 24.1 Å². The van der Waals surface area contributed by atoms with E-state index in [4.69, 9.17) is 4.74 Å². The van der Waals surface area contributed by atoms with Gasteiger partial charge in [0.2, 0.25) is 5.91 Å². The number of methoxy groups -OCH3 is 1. The third-order valence-corrected chi connectivity index (χ3v) is 4.02. The minimum atomic E-state index is -0.856. The van der Waals surface area contributed by atoms with Crippen molar-refractivity contribution in [3.63, 3.8) is 0 Å². The Bertz CT molecular complexity index is 730. The van der Waals surface area contributed by atoms with Gasteiger partial charge in [0.05, 0.1) is 13.5 Å². The van der Waals surface area contributed by atoms with Crippen molar-refractivity contribution in [2.24, 2.45) is 0 Å². The van der Waals surface area contributed by atoms with Gasteiger partial charge in [0, 0.05) is 5.56 Å². The number of esters is 1. The van der Waals surface area contributed by atoms with Gasteiger partial charge in [-0.15, -0.1) is 0 Å². The fraction of sp³-hybridized carbons (Fsp3) is 0.300. The number of ether oxygens (including phenoxy) is 1. The average Bonchev–Trinajstić information content (AvgIpc) is 2.64. The second kappa shape index (κ2) is 9.65. The van der Waals surface area contributed by atoms with E-state index in [9.17, 15) is 18.4 Å². The summed E-state index contributed by atoms with van der Waals surface area (Å²) in [5, 5.41) is 2.51. The van der Waals surface area contributed by atoms with Crippen molar-refractivity contribution in [2.45, 2.75) is 31.7 Å². The van der Waals surface area contributed by atoms with Crippen LogP contribution in [0.3, 0.4) is 0 Å². The summed E-state index contributed by atoms with van der Waals surface area (Å²) in [4.78, 5) is 24.0. The first-order valence-electron chi connectivity index (χ1n) is 8.35. The molecule has 2 aromatic rings.